The van der Waals surface area contributed by atoms with E-state index in [4.69, 9.17) is 15.5 Å². The summed E-state index contributed by atoms with van der Waals surface area (Å²) in [6.45, 7) is 0. The van der Waals surface area contributed by atoms with Gasteiger partial charge < -0.3 is 0 Å². The van der Waals surface area contributed by atoms with Gasteiger partial charge in [0.25, 0.3) is 0 Å². The van der Waals surface area contributed by atoms with Gasteiger partial charge >= 0.3 is 147 Å². The Bertz CT molecular complexity index is 644. The SMILES string of the molecule is N[NH][Rh]([Cl])[PH](c1ccccc1)(c1ccccc1)c1ccccc1. The third-order valence-corrected chi connectivity index (χ3v) is 19.8. The van der Waals surface area contributed by atoms with E-state index in [1.54, 1.807) is 0 Å². The van der Waals surface area contributed by atoms with E-state index in [1.165, 1.54) is 15.9 Å². The van der Waals surface area contributed by atoms with E-state index in [0.29, 0.717) is 0 Å². The van der Waals surface area contributed by atoms with Crippen molar-refractivity contribution in [3.8, 4) is 0 Å². The van der Waals surface area contributed by atoms with Crippen LogP contribution in [0.25, 0.3) is 0 Å². The Balaban J connectivity index is 2.35. The van der Waals surface area contributed by atoms with Gasteiger partial charge in [0.2, 0.25) is 0 Å². The van der Waals surface area contributed by atoms with Crippen LogP contribution in [0.15, 0.2) is 91.0 Å². The summed E-state index contributed by atoms with van der Waals surface area (Å²) in [5.74, 6) is 5.88. The fourth-order valence-corrected chi connectivity index (χ4v) is 17.5. The van der Waals surface area contributed by atoms with Gasteiger partial charge in [-0.3, -0.25) is 0 Å². The van der Waals surface area contributed by atoms with Gasteiger partial charge in [-0.1, -0.05) is 0 Å². The second-order valence-corrected chi connectivity index (χ2v) is 17.9. The average molecular weight is 433 g/mol. The molecule has 0 spiro atoms. The number of nitrogens with two attached hydrogens (primary N) is 1. The van der Waals surface area contributed by atoms with E-state index in [2.05, 4.69) is 77.0 Å². The Hall–Kier alpha value is -1.08. The molecular formula is C18H19ClN2PRh. The summed E-state index contributed by atoms with van der Waals surface area (Å²) in [6.07, 6.45) is 0. The van der Waals surface area contributed by atoms with Crippen LogP contribution in [0.4, 0.5) is 0 Å². The first-order chi connectivity index (χ1) is 11.3. The van der Waals surface area contributed by atoms with E-state index >= 15 is 0 Å². The van der Waals surface area contributed by atoms with Crippen molar-refractivity contribution < 1.29 is 14.7 Å². The van der Waals surface area contributed by atoms with Crippen LogP contribution in [0.5, 0.6) is 0 Å². The van der Waals surface area contributed by atoms with Crippen LogP contribution in [0.2, 0.25) is 0 Å². The first-order valence-electron chi connectivity index (χ1n) is 7.23. The Labute approximate surface area is 146 Å². The maximum absolute atomic E-state index is 6.95. The van der Waals surface area contributed by atoms with Gasteiger partial charge in [0.15, 0.2) is 0 Å². The molecule has 122 valence electrons. The van der Waals surface area contributed by atoms with Crippen LogP contribution in [0, 0.1) is 0 Å². The maximum atomic E-state index is 6.95. The number of benzene rings is 3. The molecule has 0 saturated carbocycles. The van der Waals surface area contributed by atoms with Crippen LogP contribution < -0.4 is 25.9 Å². The Morgan fingerprint density at radius 1 is 0.652 bits per heavy atom. The molecular weight excluding hydrogens is 414 g/mol. The van der Waals surface area contributed by atoms with Crippen LogP contribution in [-0.4, -0.2) is 0 Å². The number of halogens is 1. The van der Waals surface area contributed by atoms with E-state index in [9.17, 15) is 0 Å². The fraction of sp³-hybridized carbons (Fsp3) is 0. The quantitative estimate of drug-likeness (QED) is 0.282. The predicted octanol–water partition coefficient (Wildman–Crippen LogP) is 2.78. The molecule has 2 nitrogen and oxygen atoms in total. The standard InChI is InChI=1S/C18H15P.ClH.H3N2.Rh/c1-4-10-16(11-5-1)19(17-12-6-2-7-13-17)18-14-8-3-9-15-18;;1-2;/h1-15H;1H;1H,2H2;/q;;-1;+1. The number of hydrogen-bond acceptors (Lipinski definition) is 2. The molecule has 3 N–H and O–H groups in total. The molecule has 5 heteroatoms. The summed E-state index contributed by atoms with van der Waals surface area (Å²) in [7, 11) is 6.95. The van der Waals surface area contributed by atoms with Gasteiger partial charge in [-0.15, -0.1) is 0 Å². The molecule has 0 atom stereocenters. The second kappa shape index (κ2) is 7.66. The molecule has 0 aliphatic rings. The summed E-state index contributed by atoms with van der Waals surface area (Å²) >= 11 is -1.87. The van der Waals surface area contributed by atoms with Gasteiger partial charge in [0.05, 0.1) is 0 Å². The van der Waals surface area contributed by atoms with Gasteiger partial charge in [0.1, 0.15) is 0 Å². The van der Waals surface area contributed by atoms with Crippen molar-refractivity contribution in [2.75, 3.05) is 0 Å². The molecule has 0 amide bonds. The molecule has 3 rings (SSSR count). The van der Waals surface area contributed by atoms with Gasteiger partial charge in [-0.05, 0) is 0 Å². The fourth-order valence-electron chi connectivity index (χ4n) is 2.81. The van der Waals surface area contributed by atoms with Crippen molar-refractivity contribution in [3.05, 3.63) is 91.0 Å². The topological polar surface area (TPSA) is 38.0 Å². The number of rotatable bonds is 5. The zero-order valence-corrected chi connectivity index (χ0v) is 15.8. The van der Waals surface area contributed by atoms with Crippen molar-refractivity contribution in [1.29, 1.82) is 0 Å². The molecule has 0 heterocycles. The Kier molecular flexibility index (Phi) is 5.59. The molecule has 0 aliphatic heterocycles. The molecule has 0 radical (unpaired) electrons. The third kappa shape index (κ3) is 3.13. The molecule has 0 saturated heterocycles. The number of nitrogens with one attached hydrogen (secondary N) is 1. The van der Waals surface area contributed by atoms with Crippen LogP contribution in [-0.2, 0) is 14.7 Å². The van der Waals surface area contributed by atoms with E-state index in [0.717, 1.165) is 0 Å². The molecule has 3 aromatic rings. The summed E-state index contributed by atoms with van der Waals surface area (Å²) < 4.78 is 2.96. The molecule has 0 unspecified atom stereocenters. The van der Waals surface area contributed by atoms with Crippen molar-refractivity contribution in [2.45, 2.75) is 0 Å². The minimum atomic E-state index is -2.37. The monoisotopic (exact) mass is 432 g/mol. The summed E-state index contributed by atoms with van der Waals surface area (Å²) in [4.78, 5) is 0. The van der Waals surface area contributed by atoms with Gasteiger partial charge in [0, 0.05) is 0 Å². The van der Waals surface area contributed by atoms with Gasteiger partial charge in [-0.25, -0.2) is 0 Å². The first kappa shape index (κ1) is 16.8. The van der Waals surface area contributed by atoms with Crippen molar-refractivity contribution in [3.63, 3.8) is 0 Å². The summed E-state index contributed by atoms with van der Waals surface area (Å²) in [6, 6.07) is 31.7. The molecule has 0 aromatic heterocycles. The first-order valence-corrected chi connectivity index (χ1v) is 14.5. The van der Waals surface area contributed by atoms with Crippen LogP contribution in [0.1, 0.15) is 0 Å². The van der Waals surface area contributed by atoms with E-state index < -0.39 is 20.3 Å². The van der Waals surface area contributed by atoms with E-state index in [1.807, 2.05) is 18.2 Å². The van der Waals surface area contributed by atoms with Crippen molar-refractivity contribution in [2.24, 2.45) is 5.84 Å². The van der Waals surface area contributed by atoms with Crippen molar-refractivity contribution in [1.82, 2.24) is 4.17 Å². The van der Waals surface area contributed by atoms with Crippen LogP contribution >= 0.6 is 15.3 Å². The molecule has 23 heavy (non-hydrogen) atoms. The summed E-state index contributed by atoms with van der Waals surface area (Å²) in [5, 5.41) is 3.87. The van der Waals surface area contributed by atoms with Gasteiger partial charge in [-0.2, -0.15) is 0 Å². The number of hydrazine groups is 1. The average Bonchev–Trinajstić information content (AvgIpc) is 2.65. The van der Waals surface area contributed by atoms with E-state index in [-0.39, 0.29) is 0 Å². The van der Waals surface area contributed by atoms with Crippen LogP contribution in [0.3, 0.4) is 0 Å². The molecule has 0 aliphatic carbocycles. The normalized spacial score (nSPS) is 12.7. The zero-order valence-electron chi connectivity index (χ0n) is 12.4. The Morgan fingerprint density at radius 3 is 1.22 bits per heavy atom. The Morgan fingerprint density at radius 2 is 0.957 bits per heavy atom. The minimum absolute atomic E-state index is 1.29. The molecule has 0 fully saturated rings. The molecule has 3 aromatic carbocycles. The van der Waals surface area contributed by atoms with Crippen molar-refractivity contribution >= 4 is 31.2 Å². The number of hydrogen-bond donors (Lipinski definition) is 2. The zero-order chi connectivity index (χ0) is 16.1. The summed E-state index contributed by atoms with van der Waals surface area (Å²) in [5.41, 5.74) is -2.37. The predicted molar refractivity (Wildman–Crippen MR) is 99.7 cm³/mol. The molecule has 0 bridgehead atoms. The second-order valence-electron chi connectivity index (χ2n) is 5.03. The third-order valence-electron chi connectivity index (χ3n) is 3.78.